The Kier molecular flexibility index (Phi) is 7.15. The first kappa shape index (κ1) is 19.9. The van der Waals surface area contributed by atoms with Crippen LogP contribution in [0.4, 0.5) is 0 Å². The first-order valence-corrected chi connectivity index (χ1v) is 8.74. The fourth-order valence-electron chi connectivity index (χ4n) is 2.97. The van der Waals surface area contributed by atoms with Gasteiger partial charge in [-0.05, 0) is 44.7 Å². The number of hydrogen-bond donors (Lipinski definition) is 2. The summed E-state index contributed by atoms with van der Waals surface area (Å²) in [4.78, 5) is 35.2. The molecule has 1 saturated heterocycles. The van der Waals surface area contributed by atoms with E-state index in [4.69, 9.17) is 9.47 Å². The molecule has 2 atom stereocenters. The minimum Gasteiger partial charge on any atom is -0.481 e. The molecule has 1 aliphatic rings. The smallest absolute Gasteiger partial charge is 0.308 e. The monoisotopic (exact) mass is 363 g/mol. The van der Waals surface area contributed by atoms with Gasteiger partial charge in [0.15, 0.2) is 11.9 Å². The van der Waals surface area contributed by atoms with E-state index in [2.05, 4.69) is 5.32 Å². The number of carbonyl (C=O) groups excluding carboxylic acids is 2. The van der Waals surface area contributed by atoms with Crippen molar-refractivity contribution in [3.8, 4) is 5.75 Å². The van der Waals surface area contributed by atoms with Crippen molar-refractivity contribution < 1.29 is 29.0 Å². The molecule has 1 amide bonds. The van der Waals surface area contributed by atoms with Crippen molar-refractivity contribution in [1.82, 2.24) is 5.32 Å². The van der Waals surface area contributed by atoms with Gasteiger partial charge in [0.1, 0.15) is 5.75 Å². The van der Waals surface area contributed by atoms with Gasteiger partial charge in [0.2, 0.25) is 0 Å². The molecule has 0 aromatic heterocycles. The molecule has 2 N–H and O–H groups in total. The van der Waals surface area contributed by atoms with E-state index in [1.54, 1.807) is 31.2 Å². The quantitative estimate of drug-likeness (QED) is 0.684. The topological polar surface area (TPSA) is 102 Å². The van der Waals surface area contributed by atoms with Crippen molar-refractivity contribution in [3.63, 3.8) is 0 Å². The van der Waals surface area contributed by atoms with E-state index in [0.29, 0.717) is 37.4 Å². The molecule has 0 radical (unpaired) electrons. The highest BCUT2D eigenvalue weighted by atomic mass is 16.5. The Hall–Kier alpha value is -2.41. The number of hydrogen-bond acceptors (Lipinski definition) is 5. The van der Waals surface area contributed by atoms with E-state index >= 15 is 0 Å². The van der Waals surface area contributed by atoms with Crippen LogP contribution in [0, 0.1) is 11.8 Å². The van der Waals surface area contributed by atoms with Crippen molar-refractivity contribution in [3.05, 3.63) is 29.8 Å². The number of carbonyl (C=O) groups is 3. The largest absolute Gasteiger partial charge is 0.481 e. The number of aliphatic carboxylic acids is 1. The fourth-order valence-corrected chi connectivity index (χ4v) is 2.97. The molecule has 0 saturated carbocycles. The summed E-state index contributed by atoms with van der Waals surface area (Å²) < 4.78 is 10.8. The predicted molar refractivity (Wildman–Crippen MR) is 94.2 cm³/mol. The number of amides is 1. The minimum absolute atomic E-state index is 0.00924. The SMILES string of the molecule is CC(=O)c1cccc(OC(C)C(=O)NCC(C(=O)O)C2CCOCC2)c1. The fraction of sp³-hybridized carbons (Fsp3) is 0.526. The van der Waals surface area contributed by atoms with Gasteiger partial charge in [0.05, 0.1) is 5.92 Å². The minimum atomic E-state index is -0.917. The number of benzene rings is 1. The summed E-state index contributed by atoms with van der Waals surface area (Å²) >= 11 is 0. The van der Waals surface area contributed by atoms with Gasteiger partial charge in [-0.2, -0.15) is 0 Å². The number of nitrogens with one attached hydrogen (secondary N) is 1. The molecule has 1 fully saturated rings. The molecule has 1 aliphatic heterocycles. The van der Waals surface area contributed by atoms with Gasteiger partial charge in [0, 0.05) is 25.3 Å². The average molecular weight is 363 g/mol. The molecule has 1 aromatic carbocycles. The summed E-state index contributed by atoms with van der Waals surface area (Å²) in [7, 11) is 0. The van der Waals surface area contributed by atoms with E-state index in [1.165, 1.54) is 6.92 Å². The Morgan fingerprint density at radius 2 is 2.00 bits per heavy atom. The van der Waals surface area contributed by atoms with Crippen LogP contribution in [0.3, 0.4) is 0 Å². The summed E-state index contributed by atoms with van der Waals surface area (Å²) in [6, 6.07) is 6.60. The van der Waals surface area contributed by atoms with E-state index in [-0.39, 0.29) is 18.2 Å². The average Bonchev–Trinajstić information content (AvgIpc) is 2.62. The van der Waals surface area contributed by atoms with Gasteiger partial charge in [0.25, 0.3) is 5.91 Å². The van der Waals surface area contributed by atoms with Crippen LogP contribution in [0.2, 0.25) is 0 Å². The van der Waals surface area contributed by atoms with Crippen molar-refractivity contribution in [2.75, 3.05) is 19.8 Å². The van der Waals surface area contributed by atoms with Crippen molar-refractivity contribution in [2.24, 2.45) is 11.8 Å². The first-order chi connectivity index (χ1) is 12.4. The van der Waals surface area contributed by atoms with Gasteiger partial charge in [-0.1, -0.05) is 12.1 Å². The number of ether oxygens (including phenoxy) is 2. The molecule has 142 valence electrons. The van der Waals surface area contributed by atoms with Crippen LogP contribution < -0.4 is 10.1 Å². The summed E-state index contributed by atoms with van der Waals surface area (Å²) in [6.45, 7) is 4.19. The lowest BCUT2D eigenvalue weighted by Crippen LogP contribution is -2.43. The molecule has 7 nitrogen and oxygen atoms in total. The van der Waals surface area contributed by atoms with Crippen molar-refractivity contribution in [2.45, 2.75) is 32.8 Å². The maximum Gasteiger partial charge on any atom is 0.308 e. The molecule has 1 heterocycles. The van der Waals surface area contributed by atoms with Gasteiger partial charge in [-0.15, -0.1) is 0 Å². The maximum atomic E-state index is 12.3. The summed E-state index contributed by atoms with van der Waals surface area (Å²) in [6.07, 6.45) is 0.550. The van der Waals surface area contributed by atoms with E-state index in [9.17, 15) is 19.5 Å². The van der Waals surface area contributed by atoms with Gasteiger partial charge in [-0.25, -0.2) is 0 Å². The van der Waals surface area contributed by atoms with Crippen LogP contribution in [-0.2, 0) is 14.3 Å². The third-order valence-corrected chi connectivity index (χ3v) is 4.57. The lowest BCUT2D eigenvalue weighted by atomic mass is 9.86. The third kappa shape index (κ3) is 5.56. The zero-order valence-corrected chi connectivity index (χ0v) is 15.1. The Labute approximate surface area is 152 Å². The Morgan fingerprint density at radius 1 is 1.31 bits per heavy atom. The number of Topliss-reactive ketones (excluding diaryl/α,β-unsaturated/α-hetero) is 1. The van der Waals surface area contributed by atoms with Crippen LogP contribution in [-0.4, -0.2) is 48.6 Å². The second-order valence-corrected chi connectivity index (χ2v) is 6.48. The summed E-state index contributed by atoms with van der Waals surface area (Å²) in [5, 5.41) is 12.1. The molecular formula is C19H25NO6. The van der Waals surface area contributed by atoms with Crippen LogP contribution in [0.1, 0.15) is 37.0 Å². The van der Waals surface area contributed by atoms with E-state index in [1.807, 2.05) is 0 Å². The van der Waals surface area contributed by atoms with Crippen molar-refractivity contribution >= 4 is 17.7 Å². The zero-order valence-electron chi connectivity index (χ0n) is 15.1. The molecule has 2 unspecified atom stereocenters. The van der Waals surface area contributed by atoms with E-state index in [0.717, 1.165) is 0 Å². The van der Waals surface area contributed by atoms with Gasteiger partial charge >= 0.3 is 5.97 Å². The molecule has 7 heteroatoms. The Bertz CT molecular complexity index is 653. The number of carboxylic acids is 1. The lowest BCUT2D eigenvalue weighted by Gasteiger charge is -2.28. The maximum absolute atomic E-state index is 12.3. The Balaban J connectivity index is 1.90. The molecular weight excluding hydrogens is 338 g/mol. The predicted octanol–water partition coefficient (Wildman–Crippen LogP) is 1.90. The highest BCUT2D eigenvalue weighted by molar-refractivity contribution is 5.94. The first-order valence-electron chi connectivity index (χ1n) is 8.74. The van der Waals surface area contributed by atoms with Crippen LogP contribution in [0.25, 0.3) is 0 Å². The third-order valence-electron chi connectivity index (χ3n) is 4.57. The zero-order chi connectivity index (χ0) is 19.1. The number of ketones is 1. The lowest BCUT2D eigenvalue weighted by molar-refractivity contribution is -0.145. The van der Waals surface area contributed by atoms with Crippen LogP contribution >= 0.6 is 0 Å². The molecule has 2 rings (SSSR count). The molecule has 26 heavy (non-hydrogen) atoms. The second-order valence-electron chi connectivity index (χ2n) is 6.48. The number of rotatable bonds is 8. The molecule has 0 spiro atoms. The standard InChI is InChI=1S/C19H25NO6/c1-12(21)15-4-3-5-16(10-15)26-13(2)18(22)20-11-17(19(23)24)14-6-8-25-9-7-14/h3-5,10,13-14,17H,6-9,11H2,1-2H3,(H,20,22)(H,23,24). The second kappa shape index (κ2) is 9.33. The number of carboxylic acid groups (broad SMARTS) is 1. The van der Waals surface area contributed by atoms with Crippen LogP contribution in [0.15, 0.2) is 24.3 Å². The van der Waals surface area contributed by atoms with Crippen molar-refractivity contribution in [1.29, 1.82) is 0 Å². The normalized spacial score (nSPS) is 17.2. The van der Waals surface area contributed by atoms with Gasteiger partial charge in [-0.3, -0.25) is 14.4 Å². The summed E-state index contributed by atoms with van der Waals surface area (Å²) in [5.41, 5.74) is 0.501. The molecule has 1 aromatic rings. The Morgan fingerprint density at radius 3 is 2.62 bits per heavy atom. The van der Waals surface area contributed by atoms with Gasteiger partial charge < -0.3 is 19.9 Å². The highest BCUT2D eigenvalue weighted by Crippen LogP contribution is 2.24. The highest BCUT2D eigenvalue weighted by Gasteiger charge is 2.30. The molecule has 0 bridgehead atoms. The summed E-state index contributed by atoms with van der Waals surface area (Å²) in [5.74, 6) is -1.63. The molecule has 0 aliphatic carbocycles. The van der Waals surface area contributed by atoms with E-state index < -0.39 is 23.9 Å². The van der Waals surface area contributed by atoms with Crippen LogP contribution in [0.5, 0.6) is 5.75 Å².